The second-order valence-electron chi connectivity index (χ2n) is 7.74. The number of anilines is 1. The molecule has 1 fully saturated rings. The summed E-state index contributed by atoms with van der Waals surface area (Å²) in [5.41, 5.74) is 2.34. The molecule has 2 atom stereocenters. The average molecular weight is 476 g/mol. The Kier molecular flexibility index (Phi) is 5.90. The van der Waals surface area contributed by atoms with Crippen molar-refractivity contribution in [3.63, 3.8) is 0 Å². The van der Waals surface area contributed by atoms with Crippen LogP contribution >= 0.6 is 12.2 Å². The number of furan rings is 1. The third-order valence-corrected chi connectivity index (χ3v) is 6.11. The number of halogens is 1. The molecule has 2 aromatic heterocycles. The summed E-state index contributed by atoms with van der Waals surface area (Å²) in [6, 6.07) is 20.6. The first kappa shape index (κ1) is 21.9. The van der Waals surface area contributed by atoms with Crippen LogP contribution in [0.15, 0.2) is 83.4 Å². The van der Waals surface area contributed by atoms with Crippen molar-refractivity contribution in [1.82, 2.24) is 10.3 Å². The highest BCUT2D eigenvalue weighted by molar-refractivity contribution is 7.80. The Balaban J connectivity index is 1.63. The summed E-state index contributed by atoms with van der Waals surface area (Å²) in [6.45, 7) is 0. The molecule has 34 heavy (non-hydrogen) atoms. The van der Waals surface area contributed by atoms with E-state index in [1.54, 1.807) is 32.5 Å². The molecule has 0 spiro atoms. The van der Waals surface area contributed by atoms with E-state index in [9.17, 15) is 4.39 Å². The molecule has 0 amide bonds. The lowest BCUT2D eigenvalue weighted by Gasteiger charge is -2.27. The van der Waals surface area contributed by atoms with Crippen molar-refractivity contribution in [2.24, 2.45) is 0 Å². The van der Waals surface area contributed by atoms with Gasteiger partial charge in [0, 0.05) is 17.8 Å². The molecule has 3 heterocycles. The summed E-state index contributed by atoms with van der Waals surface area (Å²) in [5.74, 6) is 2.32. The molecule has 0 saturated carbocycles. The Hall–Kier alpha value is -3.91. The monoisotopic (exact) mass is 475 g/mol. The Morgan fingerprint density at radius 1 is 1.00 bits per heavy atom. The largest absolute Gasteiger partial charge is 0.497 e. The zero-order valence-corrected chi connectivity index (χ0v) is 19.4. The third kappa shape index (κ3) is 3.97. The van der Waals surface area contributed by atoms with Crippen LogP contribution in [0, 0.1) is 5.82 Å². The van der Waals surface area contributed by atoms with E-state index in [2.05, 4.69) is 10.3 Å². The number of nitrogens with one attached hydrogen (secondary N) is 1. The fourth-order valence-corrected chi connectivity index (χ4v) is 4.51. The Morgan fingerprint density at radius 2 is 1.82 bits per heavy atom. The lowest BCUT2D eigenvalue weighted by Crippen LogP contribution is -2.29. The average Bonchev–Trinajstić information content (AvgIpc) is 3.49. The van der Waals surface area contributed by atoms with Gasteiger partial charge in [-0.2, -0.15) is 0 Å². The molecule has 1 N–H and O–H groups in total. The van der Waals surface area contributed by atoms with Crippen LogP contribution < -0.4 is 19.7 Å². The predicted octanol–water partition coefficient (Wildman–Crippen LogP) is 5.68. The van der Waals surface area contributed by atoms with Crippen LogP contribution in [0.4, 0.5) is 10.1 Å². The van der Waals surface area contributed by atoms with Gasteiger partial charge in [-0.25, -0.2) is 4.39 Å². The number of benzene rings is 2. The molecule has 5 rings (SSSR count). The van der Waals surface area contributed by atoms with Gasteiger partial charge in [0.15, 0.2) is 5.11 Å². The van der Waals surface area contributed by atoms with Gasteiger partial charge >= 0.3 is 0 Å². The van der Waals surface area contributed by atoms with Crippen molar-refractivity contribution in [3.8, 4) is 22.8 Å². The lowest BCUT2D eigenvalue weighted by molar-refractivity contribution is 0.400. The molecule has 1 saturated heterocycles. The number of thiocarbonyl (C=S) groups is 1. The minimum atomic E-state index is -0.363. The molecule has 172 valence electrons. The van der Waals surface area contributed by atoms with E-state index < -0.39 is 0 Å². The van der Waals surface area contributed by atoms with Crippen molar-refractivity contribution >= 4 is 23.0 Å². The number of rotatable bonds is 6. The number of aromatic nitrogens is 1. The van der Waals surface area contributed by atoms with E-state index in [1.807, 2.05) is 53.4 Å². The highest BCUT2D eigenvalue weighted by Crippen LogP contribution is 2.46. The number of hydrogen-bond donors (Lipinski definition) is 1. The summed E-state index contributed by atoms with van der Waals surface area (Å²) >= 11 is 5.79. The predicted molar refractivity (Wildman–Crippen MR) is 132 cm³/mol. The number of ether oxygens (including phenoxy) is 2. The topological polar surface area (TPSA) is 59.8 Å². The summed E-state index contributed by atoms with van der Waals surface area (Å²) < 4.78 is 30.8. The second-order valence-corrected chi connectivity index (χ2v) is 8.13. The van der Waals surface area contributed by atoms with Crippen molar-refractivity contribution in [2.75, 3.05) is 19.1 Å². The molecular weight excluding hydrogens is 453 g/mol. The fourth-order valence-electron chi connectivity index (χ4n) is 4.17. The Morgan fingerprint density at radius 3 is 2.53 bits per heavy atom. The second kappa shape index (κ2) is 9.15. The maximum absolute atomic E-state index is 13.4. The van der Waals surface area contributed by atoms with Crippen LogP contribution in [0.3, 0.4) is 0 Å². The molecule has 4 aromatic rings. The van der Waals surface area contributed by atoms with Gasteiger partial charge < -0.3 is 24.1 Å². The number of hydrogen-bond acceptors (Lipinski definition) is 5. The minimum absolute atomic E-state index is 0.281. The Bertz CT molecular complexity index is 1310. The van der Waals surface area contributed by atoms with Gasteiger partial charge in [0.05, 0.1) is 31.6 Å². The first-order chi connectivity index (χ1) is 16.6. The van der Waals surface area contributed by atoms with E-state index >= 15 is 0 Å². The molecule has 1 aliphatic heterocycles. The lowest BCUT2D eigenvalue weighted by atomic mass is 10.0. The normalized spacial score (nSPS) is 17.5. The van der Waals surface area contributed by atoms with Gasteiger partial charge in [-0.3, -0.25) is 4.98 Å². The molecular formula is C26H22FN3O3S. The molecule has 6 nitrogen and oxygen atoms in total. The van der Waals surface area contributed by atoms with Gasteiger partial charge in [0.25, 0.3) is 0 Å². The minimum Gasteiger partial charge on any atom is -0.497 e. The summed E-state index contributed by atoms with van der Waals surface area (Å²) in [6.07, 6.45) is 1.75. The maximum Gasteiger partial charge on any atom is 0.174 e. The Labute approximate surface area is 201 Å². The van der Waals surface area contributed by atoms with Crippen LogP contribution in [0.1, 0.15) is 23.5 Å². The van der Waals surface area contributed by atoms with Crippen molar-refractivity contribution < 1.29 is 18.3 Å². The van der Waals surface area contributed by atoms with Crippen molar-refractivity contribution in [2.45, 2.75) is 12.1 Å². The van der Waals surface area contributed by atoms with Crippen LogP contribution in [0.2, 0.25) is 0 Å². The van der Waals surface area contributed by atoms with Crippen molar-refractivity contribution in [3.05, 3.63) is 96.3 Å². The van der Waals surface area contributed by atoms with E-state index in [4.69, 9.17) is 26.1 Å². The molecule has 8 heteroatoms. The first-order valence-electron chi connectivity index (χ1n) is 10.7. The number of nitrogens with zero attached hydrogens (tertiary/aromatic N) is 2. The van der Waals surface area contributed by atoms with E-state index in [0.29, 0.717) is 28.1 Å². The van der Waals surface area contributed by atoms with Crippen LogP contribution in [-0.2, 0) is 0 Å². The van der Waals surface area contributed by atoms with Gasteiger partial charge in [-0.15, -0.1) is 0 Å². The van der Waals surface area contributed by atoms with Crippen LogP contribution in [-0.4, -0.2) is 24.3 Å². The number of pyridine rings is 1. The molecule has 1 aliphatic rings. The van der Waals surface area contributed by atoms with Gasteiger partial charge in [0.2, 0.25) is 0 Å². The highest BCUT2D eigenvalue weighted by atomic mass is 32.1. The van der Waals surface area contributed by atoms with E-state index in [-0.39, 0.29) is 17.9 Å². The van der Waals surface area contributed by atoms with Gasteiger partial charge in [-0.05, 0) is 72.9 Å². The molecule has 2 aromatic carbocycles. The maximum atomic E-state index is 13.4. The van der Waals surface area contributed by atoms with E-state index in [0.717, 1.165) is 16.9 Å². The standard InChI is InChI=1S/C26H22FN3O3S/c1-31-18-10-11-22(32-2)20(15-18)30-25(24(29-26(30)34)19-5-3-4-14-28-19)23-13-12-21(33-23)16-6-8-17(27)9-7-16/h3-15,24-25H,1-2H3,(H,29,34)/t24-,25-/m0/s1. The van der Waals surface area contributed by atoms with Crippen molar-refractivity contribution in [1.29, 1.82) is 0 Å². The van der Waals surface area contributed by atoms with E-state index in [1.165, 1.54) is 12.1 Å². The summed E-state index contributed by atoms with van der Waals surface area (Å²) in [5, 5.41) is 3.91. The smallest absolute Gasteiger partial charge is 0.174 e. The zero-order chi connectivity index (χ0) is 23.7. The summed E-state index contributed by atoms with van der Waals surface area (Å²) in [7, 11) is 3.23. The number of methoxy groups -OCH3 is 2. The highest BCUT2D eigenvalue weighted by Gasteiger charge is 2.43. The zero-order valence-electron chi connectivity index (χ0n) is 18.6. The third-order valence-electron chi connectivity index (χ3n) is 5.79. The fraction of sp³-hybridized carbons (Fsp3) is 0.154. The molecule has 0 unspecified atom stereocenters. The molecule has 0 aliphatic carbocycles. The van der Waals surface area contributed by atoms with Gasteiger partial charge in [0.1, 0.15) is 34.9 Å². The summed E-state index contributed by atoms with van der Waals surface area (Å²) in [4.78, 5) is 6.52. The SMILES string of the molecule is COc1ccc(OC)c(N2C(=S)N[C@@H](c3ccccn3)[C@@H]2c2ccc(-c3ccc(F)cc3)o2)c1. The first-order valence-corrected chi connectivity index (χ1v) is 11.1. The quantitative estimate of drug-likeness (QED) is 0.360. The molecule has 0 bridgehead atoms. The van der Waals surface area contributed by atoms with Gasteiger partial charge in [-0.1, -0.05) is 6.07 Å². The van der Waals surface area contributed by atoms with Crippen LogP contribution in [0.25, 0.3) is 11.3 Å². The van der Waals surface area contributed by atoms with Crippen LogP contribution in [0.5, 0.6) is 11.5 Å². The molecule has 0 radical (unpaired) electrons.